The molecule has 2 rings (SSSR count). The Morgan fingerprint density at radius 1 is 1.26 bits per heavy atom. The molecule has 0 bridgehead atoms. The minimum absolute atomic E-state index is 0.198. The number of nitrogens with one attached hydrogen (secondary N) is 1. The van der Waals surface area contributed by atoms with Gasteiger partial charge in [0.2, 0.25) is 0 Å². The van der Waals surface area contributed by atoms with Gasteiger partial charge in [-0.1, -0.05) is 23.7 Å². The predicted octanol–water partition coefficient (Wildman–Crippen LogP) is 4.22. The van der Waals surface area contributed by atoms with E-state index >= 15 is 0 Å². The van der Waals surface area contributed by atoms with Crippen molar-refractivity contribution in [3.05, 3.63) is 34.9 Å². The molecule has 0 spiro atoms. The second-order valence-electron chi connectivity index (χ2n) is 7.10. The van der Waals surface area contributed by atoms with Crippen molar-refractivity contribution >= 4 is 17.7 Å². The molecule has 0 aromatic heterocycles. The highest BCUT2D eigenvalue weighted by atomic mass is 35.5. The molecule has 1 atom stereocenters. The van der Waals surface area contributed by atoms with Gasteiger partial charge in [-0.2, -0.15) is 0 Å². The molecule has 1 saturated heterocycles. The summed E-state index contributed by atoms with van der Waals surface area (Å²) in [5, 5.41) is 4.34. The summed E-state index contributed by atoms with van der Waals surface area (Å²) in [7, 11) is 0. The second-order valence-corrected chi connectivity index (χ2v) is 7.54. The van der Waals surface area contributed by atoms with Gasteiger partial charge < -0.3 is 15.0 Å². The second kappa shape index (κ2) is 8.02. The van der Waals surface area contributed by atoms with Gasteiger partial charge in [0.25, 0.3) is 0 Å². The first-order valence-corrected chi connectivity index (χ1v) is 8.67. The minimum atomic E-state index is -0.435. The van der Waals surface area contributed by atoms with Crippen molar-refractivity contribution in [3.8, 4) is 0 Å². The Bertz CT molecular complexity index is 511. The average Bonchev–Trinajstić information content (AvgIpc) is 2.70. The van der Waals surface area contributed by atoms with Gasteiger partial charge in [0.1, 0.15) is 5.60 Å². The fraction of sp³-hybridized carbons (Fsp3) is 0.611. The lowest BCUT2D eigenvalue weighted by molar-refractivity contribution is 0.0256. The van der Waals surface area contributed by atoms with Crippen molar-refractivity contribution in [2.24, 2.45) is 0 Å². The van der Waals surface area contributed by atoms with E-state index in [2.05, 4.69) is 5.32 Å². The first-order chi connectivity index (χ1) is 10.8. The first kappa shape index (κ1) is 18.1. The van der Waals surface area contributed by atoms with Gasteiger partial charge in [-0.05, 0) is 57.7 Å². The molecule has 0 aliphatic carbocycles. The number of benzene rings is 1. The summed E-state index contributed by atoms with van der Waals surface area (Å²) in [6.07, 6.45) is 2.83. The van der Waals surface area contributed by atoms with E-state index in [0.717, 1.165) is 43.9 Å². The van der Waals surface area contributed by atoms with E-state index in [4.69, 9.17) is 16.3 Å². The zero-order chi connectivity index (χ0) is 16.9. The Morgan fingerprint density at radius 2 is 1.96 bits per heavy atom. The summed E-state index contributed by atoms with van der Waals surface area (Å²) in [5.41, 5.74) is 0.790. The van der Waals surface area contributed by atoms with Crippen molar-refractivity contribution < 1.29 is 9.53 Å². The largest absolute Gasteiger partial charge is 0.444 e. The van der Waals surface area contributed by atoms with Crippen molar-refractivity contribution in [1.29, 1.82) is 0 Å². The molecule has 1 fully saturated rings. The number of hydrogen-bond acceptors (Lipinski definition) is 3. The van der Waals surface area contributed by atoms with Gasteiger partial charge in [-0.15, -0.1) is 0 Å². The van der Waals surface area contributed by atoms with Gasteiger partial charge in [-0.25, -0.2) is 4.79 Å². The molecule has 23 heavy (non-hydrogen) atoms. The van der Waals surface area contributed by atoms with Crippen LogP contribution in [0, 0.1) is 0 Å². The third-order valence-electron chi connectivity index (χ3n) is 3.89. The molecule has 128 valence electrons. The van der Waals surface area contributed by atoms with Crippen LogP contribution in [-0.2, 0) is 11.3 Å². The highest BCUT2D eigenvalue weighted by molar-refractivity contribution is 6.30. The zero-order valence-corrected chi connectivity index (χ0v) is 15.0. The Kier molecular flexibility index (Phi) is 6.31. The Balaban J connectivity index is 1.79. The number of likely N-dealkylation sites (tertiary alicyclic amines) is 1. The average molecular weight is 339 g/mol. The Hall–Kier alpha value is -1.26. The molecule has 0 saturated carbocycles. The molecule has 1 unspecified atom stereocenters. The van der Waals surface area contributed by atoms with Crippen LogP contribution in [0.1, 0.15) is 45.6 Å². The number of carbonyl (C=O) groups is 1. The lowest BCUT2D eigenvalue weighted by Crippen LogP contribution is -2.38. The number of halogens is 1. The number of carbonyl (C=O) groups excluding carboxylic acids is 1. The lowest BCUT2D eigenvalue weighted by Gasteiger charge is -2.26. The van der Waals surface area contributed by atoms with E-state index < -0.39 is 5.60 Å². The van der Waals surface area contributed by atoms with Gasteiger partial charge in [0.15, 0.2) is 0 Å². The van der Waals surface area contributed by atoms with Gasteiger partial charge in [0.05, 0.1) is 0 Å². The molecule has 1 amide bonds. The normalized spacial score (nSPS) is 19.3. The summed E-state index contributed by atoms with van der Waals surface area (Å²) in [6, 6.07) is 8.34. The monoisotopic (exact) mass is 338 g/mol. The minimum Gasteiger partial charge on any atom is -0.444 e. The highest BCUT2D eigenvalue weighted by Gasteiger charge is 2.24. The maximum atomic E-state index is 12.2. The van der Waals surface area contributed by atoms with E-state index in [0.29, 0.717) is 6.04 Å². The highest BCUT2D eigenvalue weighted by Crippen LogP contribution is 2.16. The van der Waals surface area contributed by atoms with Crippen LogP contribution in [0.25, 0.3) is 0 Å². The van der Waals surface area contributed by atoms with Crippen LogP contribution < -0.4 is 5.32 Å². The number of amides is 1. The number of rotatable bonds is 3. The quantitative estimate of drug-likeness (QED) is 0.897. The zero-order valence-electron chi connectivity index (χ0n) is 14.3. The van der Waals surface area contributed by atoms with Gasteiger partial charge >= 0.3 is 6.09 Å². The smallest absolute Gasteiger partial charge is 0.410 e. The summed E-state index contributed by atoms with van der Waals surface area (Å²) in [6.45, 7) is 8.05. The predicted molar refractivity (Wildman–Crippen MR) is 93.7 cm³/mol. The molecular formula is C18H27ClN2O2. The van der Waals surface area contributed by atoms with Crippen LogP contribution in [-0.4, -0.2) is 35.7 Å². The third-order valence-corrected chi connectivity index (χ3v) is 4.14. The molecular weight excluding hydrogens is 312 g/mol. The maximum Gasteiger partial charge on any atom is 0.410 e. The van der Waals surface area contributed by atoms with Crippen LogP contribution >= 0.6 is 11.6 Å². The van der Waals surface area contributed by atoms with Crippen LogP contribution in [0.15, 0.2) is 24.3 Å². The first-order valence-electron chi connectivity index (χ1n) is 8.29. The van der Waals surface area contributed by atoms with Crippen LogP contribution in [0.5, 0.6) is 0 Å². The third kappa shape index (κ3) is 6.40. The molecule has 5 heteroatoms. The standard InChI is InChI=1S/C18H27ClN2O2/c1-18(2,3)23-17(22)21-11-4-5-16(10-12-21)20-13-14-6-8-15(19)9-7-14/h6-9,16,20H,4-5,10-13H2,1-3H3. The van der Waals surface area contributed by atoms with Crippen molar-refractivity contribution in [2.45, 2.75) is 58.2 Å². The summed E-state index contributed by atoms with van der Waals surface area (Å²) >= 11 is 5.90. The molecule has 1 aromatic rings. The van der Waals surface area contributed by atoms with Crippen LogP contribution in [0.3, 0.4) is 0 Å². The number of nitrogens with zero attached hydrogens (tertiary/aromatic N) is 1. The SMILES string of the molecule is CC(C)(C)OC(=O)N1CCCC(NCc2ccc(Cl)cc2)CC1. The fourth-order valence-corrected chi connectivity index (χ4v) is 2.80. The summed E-state index contributed by atoms with van der Waals surface area (Å²) in [5.74, 6) is 0. The van der Waals surface area contributed by atoms with E-state index in [1.807, 2.05) is 49.9 Å². The molecule has 0 radical (unpaired) electrons. The van der Waals surface area contributed by atoms with E-state index in [1.54, 1.807) is 0 Å². The Morgan fingerprint density at radius 3 is 2.61 bits per heavy atom. The molecule has 1 aliphatic rings. The van der Waals surface area contributed by atoms with E-state index in [9.17, 15) is 4.79 Å². The lowest BCUT2D eigenvalue weighted by atomic mass is 10.1. The van der Waals surface area contributed by atoms with Gasteiger partial charge in [0, 0.05) is 30.7 Å². The summed E-state index contributed by atoms with van der Waals surface area (Å²) < 4.78 is 5.46. The summed E-state index contributed by atoms with van der Waals surface area (Å²) in [4.78, 5) is 14.0. The number of hydrogen-bond donors (Lipinski definition) is 1. The Labute approximate surface area is 144 Å². The molecule has 1 aliphatic heterocycles. The van der Waals surface area contributed by atoms with E-state index in [1.165, 1.54) is 5.56 Å². The van der Waals surface area contributed by atoms with Crippen molar-refractivity contribution in [3.63, 3.8) is 0 Å². The van der Waals surface area contributed by atoms with Crippen LogP contribution in [0.4, 0.5) is 4.79 Å². The molecule has 1 aromatic carbocycles. The van der Waals surface area contributed by atoms with Crippen molar-refractivity contribution in [1.82, 2.24) is 10.2 Å². The van der Waals surface area contributed by atoms with Gasteiger partial charge in [-0.3, -0.25) is 0 Å². The fourth-order valence-electron chi connectivity index (χ4n) is 2.67. The van der Waals surface area contributed by atoms with E-state index in [-0.39, 0.29) is 6.09 Å². The maximum absolute atomic E-state index is 12.2. The van der Waals surface area contributed by atoms with Crippen LogP contribution in [0.2, 0.25) is 5.02 Å². The topological polar surface area (TPSA) is 41.6 Å². The molecule has 4 nitrogen and oxygen atoms in total. The molecule has 1 heterocycles. The number of ether oxygens (including phenoxy) is 1. The van der Waals surface area contributed by atoms with Crippen molar-refractivity contribution in [2.75, 3.05) is 13.1 Å². The molecule has 1 N–H and O–H groups in total.